The first-order valence-corrected chi connectivity index (χ1v) is 5.16. The standard InChI is InChI=1S/C11H15F2N3O/c1-15-10(17)4-5-16-9-3-2-7(11(12)13)6-8(9)14/h2-3,6,11,16H,4-5,14H2,1H3,(H,15,17). The van der Waals surface area contributed by atoms with Gasteiger partial charge in [-0.15, -0.1) is 0 Å². The summed E-state index contributed by atoms with van der Waals surface area (Å²) in [5.74, 6) is -0.0970. The third kappa shape index (κ3) is 3.90. The van der Waals surface area contributed by atoms with E-state index in [0.717, 1.165) is 0 Å². The molecule has 0 saturated carbocycles. The molecule has 0 spiro atoms. The molecule has 0 saturated heterocycles. The van der Waals surface area contributed by atoms with E-state index in [9.17, 15) is 13.6 Å². The van der Waals surface area contributed by atoms with Gasteiger partial charge < -0.3 is 16.4 Å². The summed E-state index contributed by atoms with van der Waals surface area (Å²) in [5, 5.41) is 5.39. The van der Waals surface area contributed by atoms with Gasteiger partial charge in [0.1, 0.15) is 0 Å². The molecular weight excluding hydrogens is 228 g/mol. The molecule has 17 heavy (non-hydrogen) atoms. The summed E-state index contributed by atoms with van der Waals surface area (Å²) in [6.07, 6.45) is -2.23. The minimum Gasteiger partial charge on any atom is -0.397 e. The number of halogens is 2. The summed E-state index contributed by atoms with van der Waals surface area (Å²) in [5.41, 5.74) is 6.30. The average molecular weight is 243 g/mol. The van der Waals surface area contributed by atoms with E-state index >= 15 is 0 Å². The van der Waals surface area contributed by atoms with Crippen LogP contribution in [0.15, 0.2) is 18.2 Å². The number of benzene rings is 1. The van der Waals surface area contributed by atoms with E-state index < -0.39 is 6.43 Å². The molecule has 6 heteroatoms. The Balaban J connectivity index is 2.57. The molecule has 0 aliphatic rings. The van der Waals surface area contributed by atoms with Gasteiger partial charge in [0, 0.05) is 25.6 Å². The Morgan fingerprint density at radius 2 is 2.18 bits per heavy atom. The molecule has 0 aliphatic carbocycles. The molecule has 4 N–H and O–H groups in total. The van der Waals surface area contributed by atoms with Gasteiger partial charge >= 0.3 is 0 Å². The van der Waals surface area contributed by atoms with Crippen LogP contribution in [-0.2, 0) is 4.79 Å². The van der Waals surface area contributed by atoms with Crippen molar-refractivity contribution in [3.63, 3.8) is 0 Å². The summed E-state index contributed by atoms with van der Waals surface area (Å²) in [4.78, 5) is 10.9. The fourth-order valence-corrected chi connectivity index (χ4v) is 1.31. The fourth-order valence-electron chi connectivity index (χ4n) is 1.31. The number of nitrogen functional groups attached to an aromatic ring is 1. The van der Waals surface area contributed by atoms with Crippen LogP contribution in [0.2, 0.25) is 0 Å². The summed E-state index contributed by atoms with van der Waals surface area (Å²) in [7, 11) is 1.55. The number of alkyl halides is 2. The molecule has 0 heterocycles. The van der Waals surface area contributed by atoms with E-state index in [-0.39, 0.29) is 17.2 Å². The molecular formula is C11H15F2N3O. The van der Waals surface area contributed by atoms with Crippen molar-refractivity contribution in [2.24, 2.45) is 0 Å². The smallest absolute Gasteiger partial charge is 0.263 e. The Labute approximate surface area is 98.2 Å². The Hall–Kier alpha value is -1.85. The Morgan fingerprint density at radius 3 is 2.71 bits per heavy atom. The minimum atomic E-state index is -2.53. The van der Waals surface area contributed by atoms with Crippen LogP contribution in [0, 0.1) is 0 Å². The molecule has 94 valence electrons. The highest BCUT2D eigenvalue weighted by molar-refractivity contribution is 5.76. The largest absolute Gasteiger partial charge is 0.397 e. The number of nitrogens with two attached hydrogens (primary N) is 1. The predicted octanol–water partition coefficient (Wildman–Crippen LogP) is 1.75. The van der Waals surface area contributed by atoms with Gasteiger partial charge in [-0.25, -0.2) is 8.78 Å². The fraction of sp³-hybridized carbons (Fsp3) is 0.364. The van der Waals surface area contributed by atoms with Gasteiger partial charge in [-0.2, -0.15) is 0 Å². The maximum atomic E-state index is 12.4. The van der Waals surface area contributed by atoms with Gasteiger partial charge in [0.05, 0.1) is 11.4 Å². The topological polar surface area (TPSA) is 67.2 Å². The van der Waals surface area contributed by atoms with Crippen LogP contribution < -0.4 is 16.4 Å². The van der Waals surface area contributed by atoms with Crippen molar-refractivity contribution < 1.29 is 13.6 Å². The molecule has 0 radical (unpaired) electrons. The zero-order valence-corrected chi connectivity index (χ0v) is 9.47. The number of amides is 1. The lowest BCUT2D eigenvalue weighted by Gasteiger charge is -2.10. The lowest BCUT2D eigenvalue weighted by atomic mass is 10.2. The highest BCUT2D eigenvalue weighted by Crippen LogP contribution is 2.26. The number of hydrogen-bond donors (Lipinski definition) is 3. The van der Waals surface area contributed by atoms with Crippen LogP contribution in [-0.4, -0.2) is 19.5 Å². The zero-order chi connectivity index (χ0) is 12.8. The third-order valence-electron chi connectivity index (χ3n) is 2.27. The number of rotatable bonds is 5. The summed E-state index contributed by atoms with van der Waals surface area (Å²) >= 11 is 0. The normalized spacial score (nSPS) is 10.4. The second kappa shape index (κ2) is 6.03. The minimum absolute atomic E-state index is 0.0970. The van der Waals surface area contributed by atoms with Crippen LogP contribution in [0.25, 0.3) is 0 Å². The third-order valence-corrected chi connectivity index (χ3v) is 2.27. The molecule has 1 aromatic rings. The highest BCUT2D eigenvalue weighted by atomic mass is 19.3. The van der Waals surface area contributed by atoms with Crippen LogP contribution in [0.4, 0.5) is 20.2 Å². The lowest BCUT2D eigenvalue weighted by molar-refractivity contribution is -0.120. The van der Waals surface area contributed by atoms with Gasteiger partial charge in [-0.3, -0.25) is 4.79 Å². The Bertz CT molecular complexity index is 396. The predicted molar refractivity (Wildman–Crippen MR) is 63.0 cm³/mol. The molecule has 1 rings (SSSR count). The Morgan fingerprint density at radius 1 is 1.47 bits per heavy atom. The van der Waals surface area contributed by atoms with Gasteiger partial charge in [-0.1, -0.05) is 6.07 Å². The molecule has 0 aliphatic heterocycles. The molecule has 1 aromatic carbocycles. The van der Waals surface area contributed by atoms with Crippen LogP contribution in [0.3, 0.4) is 0 Å². The monoisotopic (exact) mass is 243 g/mol. The molecule has 1 amide bonds. The first kappa shape index (κ1) is 13.2. The van der Waals surface area contributed by atoms with Gasteiger partial charge in [-0.05, 0) is 12.1 Å². The number of hydrogen-bond acceptors (Lipinski definition) is 3. The van der Waals surface area contributed by atoms with Crippen molar-refractivity contribution in [2.75, 3.05) is 24.6 Å². The summed E-state index contributed by atoms with van der Waals surface area (Å²) in [6, 6.07) is 4.02. The van der Waals surface area contributed by atoms with E-state index in [2.05, 4.69) is 10.6 Å². The zero-order valence-electron chi connectivity index (χ0n) is 9.47. The van der Waals surface area contributed by atoms with Crippen molar-refractivity contribution in [1.82, 2.24) is 5.32 Å². The number of nitrogens with one attached hydrogen (secondary N) is 2. The SMILES string of the molecule is CNC(=O)CCNc1ccc(C(F)F)cc1N. The second-order valence-corrected chi connectivity index (χ2v) is 3.50. The van der Waals surface area contributed by atoms with Crippen LogP contribution >= 0.6 is 0 Å². The number of anilines is 2. The van der Waals surface area contributed by atoms with E-state index in [1.54, 1.807) is 7.05 Å². The van der Waals surface area contributed by atoms with Crippen LogP contribution in [0.1, 0.15) is 18.4 Å². The van der Waals surface area contributed by atoms with E-state index in [4.69, 9.17) is 5.73 Å². The number of carbonyl (C=O) groups is 1. The van der Waals surface area contributed by atoms with Gasteiger partial charge in [0.25, 0.3) is 6.43 Å². The number of carbonyl (C=O) groups excluding carboxylic acids is 1. The Kier molecular flexibility index (Phi) is 4.68. The molecule has 4 nitrogen and oxygen atoms in total. The molecule has 0 fully saturated rings. The second-order valence-electron chi connectivity index (χ2n) is 3.50. The molecule has 0 unspecified atom stereocenters. The van der Waals surface area contributed by atoms with Crippen molar-refractivity contribution in [2.45, 2.75) is 12.8 Å². The molecule has 0 bridgehead atoms. The van der Waals surface area contributed by atoms with Crippen molar-refractivity contribution >= 4 is 17.3 Å². The molecule has 0 aromatic heterocycles. The lowest BCUT2D eigenvalue weighted by Crippen LogP contribution is -2.21. The van der Waals surface area contributed by atoms with Gasteiger partial charge in [0.15, 0.2) is 0 Å². The highest BCUT2D eigenvalue weighted by Gasteiger charge is 2.09. The van der Waals surface area contributed by atoms with Crippen LogP contribution in [0.5, 0.6) is 0 Å². The maximum Gasteiger partial charge on any atom is 0.263 e. The van der Waals surface area contributed by atoms with E-state index in [0.29, 0.717) is 18.7 Å². The van der Waals surface area contributed by atoms with E-state index in [1.165, 1.54) is 18.2 Å². The molecule has 0 atom stereocenters. The van der Waals surface area contributed by atoms with Crippen molar-refractivity contribution in [1.29, 1.82) is 0 Å². The summed E-state index contributed by atoms with van der Waals surface area (Å²) in [6.45, 7) is 0.401. The maximum absolute atomic E-state index is 12.4. The first-order chi connectivity index (χ1) is 8.04. The quantitative estimate of drug-likeness (QED) is 0.690. The summed E-state index contributed by atoms with van der Waals surface area (Å²) < 4.78 is 24.7. The van der Waals surface area contributed by atoms with Crippen molar-refractivity contribution in [3.05, 3.63) is 23.8 Å². The van der Waals surface area contributed by atoms with E-state index in [1.807, 2.05) is 0 Å². The average Bonchev–Trinajstić information content (AvgIpc) is 2.30. The first-order valence-electron chi connectivity index (χ1n) is 5.16. The van der Waals surface area contributed by atoms with Gasteiger partial charge in [0.2, 0.25) is 5.91 Å². The van der Waals surface area contributed by atoms with Crippen molar-refractivity contribution in [3.8, 4) is 0 Å².